The molecule has 1 amide bonds. The van der Waals surface area contributed by atoms with Crippen molar-refractivity contribution in [2.24, 2.45) is 0 Å². The van der Waals surface area contributed by atoms with Crippen molar-refractivity contribution < 1.29 is 18.0 Å². The normalized spacial score (nSPS) is 10.7. The van der Waals surface area contributed by atoms with Gasteiger partial charge in [0.2, 0.25) is 0 Å². The molecule has 0 saturated carbocycles. The molecule has 0 aliphatic carbocycles. The lowest BCUT2D eigenvalue weighted by molar-refractivity contribution is 0.101. The number of carbonyl (C=O) groups is 1. The zero-order valence-corrected chi connectivity index (χ0v) is 13.3. The highest BCUT2D eigenvalue weighted by atomic mass is 32.1. The van der Waals surface area contributed by atoms with Crippen LogP contribution >= 0.6 is 11.3 Å². The lowest BCUT2D eigenvalue weighted by Gasteiger charge is -2.06. The van der Waals surface area contributed by atoms with Gasteiger partial charge >= 0.3 is 0 Å². The number of carbonyl (C=O) groups excluding carboxylic acids is 1. The van der Waals surface area contributed by atoms with Gasteiger partial charge in [-0.15, -0.1) is 0 Å². The van der Waals surface area contributed by atoms with E-state index in [0.29, 0.717) is 27.8 Å². The van der Waals surface area contributed by atoms with Crippen LogP contribution in [0.4, 0.5) is 18.2 Å². The Hall–Kier alpha value is -2.67. The summed E-state index contributed by atoms with van der Waals surface area (Å²) >= 11 is 1.17. The van der Waals surface area contributed by atoms with Gasteiger partial charge in [-0.2, -0.15) is 0 Å². The standard InChI is InChI=1S/C17H11F3N2OS/c1-9-16(24-17(21-9)10-5-3-2-4-6-10)22-15(23)13-11(18)7-8-12(19)14(13)20/h2-8H,1H3,(H,22,23). The number of halogens is 3. The van der Waals surface area contributed by atoms with E-state index in [1.807, 2.05) is 30.3 Å². The summed E-state index contributed by atoms with van der Waals surface area (Å²) in [7, 11) is 0. The fraction of sp³-hybridized carbons (Fsp3) is 0.0588. The second-order valence-electron chi connectivity index (χ2n) is 4.97. The minimum atomic E-state index is -1.52. The summed E-state index contributed by atoms with van der Waals surface area (Å²) in [6, 6.07) is 10.6. The number of aromatic nitrogens is 1. The quantitative estimate of drug-likeness (QED) is 0.692. The van der Waals surface area contributed by atoms with Gasteiger partial charge in [0, 0.05) is 5.56 Å². The highest BCUT2D eigenvalue weighted by Crippen LogP contribution is 2.32. The van der Waals surface area contributed by atoms with Crippen LogP contribution in [-0.2, 0) is 0 Å². The van der Waals surface area contributed by atoms with Crippen LogP contribution in [0.25, 0.3) is 10.6 Å². The number of amides is 1. The number of nitrogens with zero attached hydrogens (tertiary/aromatic N) is 1. The van der Waals surface area contributed by atoms with E-state index in [1.165, 1.54) is 11.3 Å². The Morgan fingerprint density at radius 3 is 2.42 bits per heavy atom. The van der Waals surface area contributed by atoms with Gasteiger partial charge in [-0.1, -0.05) is 41.7 Å². The zero-order valence-electron chi connectivity index (χ0n) is 12.4. The van der Waals surface area contributed by atoms with E-state index in [2.05, 4.69) is 10.3 Å². The third kappa shape index (κ3) is 3.03. The van der Waals surface area contributed by atoms with Gasteiger partial charge in [-0.25, -0.2) is 18.2 Å². The van der Waals surface area contributed by atoms with E-state index < -0.39 is 28.9 Å². The van der Waals surface area contributed by atoms with Crippen LogP contribution in [-0.4, -0.2) is 10.9 Å². The summed E-state index contributed by atoms with van der Waals surface area (Å²) in [4.78, 5) is 16.5. The lowest BCUT2D eigenvalue weighted by Crippen LogP contribution is -2.16. The predicted octanol–water partition coefficient (Wildman–Crippen LogP) is 4.79. The highest BCUT2D eigenvalue weighted by molar-refractivity contribution is 7.19. The molecule has 24 heavy (non-hydrogen) atoms. The molecule has 0 bridgehead atoms. The maximum absolute atomic E-state index is 13.7. The zero-order chi connectivity index (χ0) is 17.3. The van der Waals surface area contributed by atoms with E-state index in [1.54, 1.807) is 6.92 Å². The Labute approximate surface area is 139 Å². The van der Waals surface area contributed by atoms with E-state index >= 15 is 0 Å². The van der Waals surface area contributed by atoms with E-state index in [9.17, 15) is 18.0 Å². The summed E-state index contributed by atoms with van der Waals surface area (Å²) in [5.74, 6) is -4.99. The molecule has 0 atom stereocenters. The lowest BCUT2D eigenvalue weighted by atomic mass is 10.1. The first-order chi connectivity index (χ1) is 11.5. The molecule has 0 spiro atoms. The van der Waals surface area contributed by atoms with Crippen LogP contribution in [0.5, 0.6) is 0 Å². The second-order valence-corrected chi connectivity index (χ2v) is 5.97. The number of aryl methyl sites for hydroxylation is 1. The summed E-state index contributed by atoms with van der Waals surface area (Å²) in [5, 5.41) is 3.40. The van der Waals surface area contributed by atoms with Crippen LogP contribution in [0, 0.1) is 24.4 Å². The van der Waals surface area contributed by atoms with Crippen molar-refractivity contribution in [3.05, 3.63) is 71.2 Å². The molecular formula is C17H11F3N2OS. The molecule has 3 nitrogen and oxygen atoms in total. The molecule has 0 fully saturated rings. The first-order valence-corrected chi connectivity index (χ1v) is 7.76. The minimum absolute atomic E-state index is 0.349. The van der Waals surface area contributed by atoms with Crippen molar-refractivity contribution >= 4 is 22.2 Å². The molecule has 2 aromatic carbocycles. The number of anilines is 1. The molecule has 0 radical (unpaired) electrons. The minimum Gasteiger partial charge on any atom is -0.312 e. The number of hydrogen-bond donors (Lipinski definition) is 1. The van der Waals surface area contributed by atoms with Gasteiger partial charge in [0.15, 0.2) is 11.6 Å². The second kappa shape index (κ2) is 6.45. The van der Waals surface area contributed by atoms with Crippen molar-refractivity contribution in [1.29, 1.82) is 0 Å². The average molecular weight is 348 g/mol. The molecule has 3 aromatic rings. The third-order valence-corrected chi connectivity index (χ3v) is 4.44. The van der Waals surface area contributed by atoms with Crippen molar-refractivity contribution in [2.45, 2.75) is 6.92 Å². The van der Waals surface area contributed by atoms with Crippen LogP contribution < -0.4 is 5.32 Å². The van der Waals surface area contributed by atoms with Crippen LogP contribution in [0.15, 0.2) is 42.5 Å². The molecular weight excluding hydrogens is 337 g/mol. The molecule has 0 aliphatic heterocycles. The Bertz CT molecular complexity index is 910. The van der Waals surface area contributed by atoms with Gasteiger partial charge in [-0.3, -0.25) is 4.79 Å². The van der Waals surface area contributed by atoms with Gasteiger partial charge in [0.25, 0.3) is 5.91 Å². The van der Waals surface area contributed by atoms with Gasteiger partial charge in [0.1, 0.15) is 21.4 Å². The number of benzene rings is 2. The first kappa shape index (κ1) is 16.2. The Kier molecular flexibility index (Phi) is 4.35. The molecule has 122 valence electrons. The predicted molar refractivity (Wildman–Crippen MR) is 86.6 cm³/mol. The van der Waals surface area contributed by atoms with Crippen LogP contribution in [0.2, 0.25) is 0 Å². The maximum atomic E-state index is 13.7. The molecule has 1 heterocycles. The monoisotopic (exact) mass is 348 g/mol. The number of nitrogens with one attached hydrogen (secondary N) is 1. The SMILES string of the molecule is Cc1nc(-c2ccccc2)sc1NC(=O)c1c(F)ccc(F)c1F. The Morgan fingerprint density at radius 1 is 1.04 bits per heavy atom. The van der Waals surface area contributed by atoms with Gasteiger partial charge in [-0.05, 0) is 19.1 Å². The first-order valence-electron chi connectivity index (χ1n) is 6.95. The summed E-state index contributed by atoms with van der Waals surface area (Å²) in [6.07, 6.45) is 0. The average Bonchev–Trinajstić information content (AvgIpc) is 2.93. The number of thiazole rings is 1. The fourth-order valence-corrected chi connectivity index (χ4v) is 3.08. The van der Waals surface area contributed by atoms with Crippen molar-refractivity contribution in [1.82, 2.24) is 4.98 Å². The largest absolute Gasteiger partial charge is 0.312 e. The fourth-order valence-electron chi connectivity index (χ4n) is 2.12. The molecule has 0 aliphatic rings. The summed E-state index contributed by atoms with van der Waals surface area (Å²) in [6.45, 7) is 1.66. The van der Waals surface area contributed by atoms with E-state index in [4.69, 9.17) is 0 Å². The summed E-state index contributed by atoms with van der Waals surface area (Å²) in [5.41, 5.74) is 0.405. The summed E-state index contributed by atoms with van der Waals surface area (Å²) < 4.78 is 40.6. The van der Waals surface area contributed by atoms with E-state index in [0.717, 1.165) is 5.56 Å². The molecule has 0 saturated heterocycles. The molecule has 1 N–H and O–H groups in total. The Morgan fingerprint density at radius 2 is 1.71 bits per heavy atom. The Balaban J connectivity index is 1.91. The van der Waals surface area contributed by atoms with Gasteiger partial charge in [0.05, 0.1) is 5.69 Å². The molecule has 7 heteroatoms. The third-order valence-electron chi connectivity index (χ3n) is 3.32. The van der Waals surface area contributed by atoms with Crippen molar-refractivity contribution in [2.75, 3.05) is 5.32 Å². The number of rotatable bonds is 3. The van der Waals surface area contributed by atoms with Crippen LogP contribution in [0.3, 0.4) is 0 Å². The maximum Gasteiger partial charge on any atom is 0.262 e. The molecule has 0 unspecified atom stereocenters. The van der Waals surface area contributed by atoms with Crippen molar-refractivity contribution in [3.63, 3.8) is 0 Å². The molecule has 3 rings (SSSR count). The highest BCUT2D eigenvalue weighted by Gasteiger charge is 2.22. The van der Waals surface area contributed by atoms with Crippen molar-refractivity contribution in [3.8, 4) is 10.6 Å². The van der Waals surface area contributed by atoms with Crippen LogP contribution in [0.1, 0.15) is 16.1 Å². The molecule has 1 aromatic heterocycles. The van der Waals surface area contributed by atoms with Gasteiger partial charge < -0.3 is 5.32 Å². The van der Waals surface area contributed by atoms with E-state index in [-0.39, 0.29) is 0 Å². The smallest absolute Gasteiger partial charge is 0.262 e. The topological polar surface area (TPSA) is 42.0 Å². The number of hydrogen-bond acceptors (Lipinski definition) is 3.